The van der Waals surface area contributed by atoms with Crippen molar-refractivity contribution in [2.75, 3.05) is 18.4 Å². The summed E-state index contributed by atoms with van der Waals surface area (Å²) >= 11 is 0. The Morgan fingerprint density at radius 2 is 2.00 bits per heavy atom. The first-order valence-corrected chi connectivity index (χ1v) is 10.8. The van der Waals surface area contributed by atoms with Crippen molar-refractivity contribution in [2.24, 2.45) is 12.5 Å². The summed E-state index contributed by atoms with van der Waals surface area (Å²) in [4.78, 5) is 23.8. The van der Waals surface area contributed by atoms with E-state index in [-0.39, 0.29) is 17.7 Å². The number of carbonyl (C=O) groups is 2. The molecular weight excluding hydrogens is 366 g/mol. The number of amides is 2. The molecule has 154 valence electrons. The number of nitrogens with zero attached hydrogens (tertiary/aromatic N) is 2. The van der Waals surface area contributed by atoms with Crippen LogP contribution < -0.4 is 16.0 Å². The Kier molecular flexibility index (Phi) is 4.57. The molecular formula is C22H29N5O2. The molecule has 7 heteroatoms. The first-order chi connectivity index (χ1) is 14.0. The van der Waals surface area contributed by atoms with Crippen LogP contribution in [0.5, 0.6) is 0 Å². The Balaban J connectivity index is 1.33. The predicted molar refractivity (Wildman–Crippen MR) is 112 cm³/mol. The minimum atomic E-state index is -0.357. The van der Waals surface area contributed by atoms with Crippen LogP contribution in [-0.2, 0) is 16.6 Å². The number of aromatic nitrogens is 2. The SMILES string of the molecule is Cn1nc(C2CCC(=O)NC2=O)c2ccc(NC3CCC4(CCNC4)CC3)cc21. The minimum Gasteiger partial charge on any atom is -0.382 e. The molecule has 3 fully saturated rings. The van der Waals surface area contributed by atoms with Crippen molar-refractivity contribution in [1.29, 1.82) is 0 Å². The van der Waals surface area contributed by atoms with E-state index in [9.17, 15) is 9.59 Å². The van der Waals surface area contributed by atoms with Gasteiger partial charge in [0.25, 0.3) is 0 Å². The van der Waals surface area contributed by atoms with Crippen molar-refractivity contribution in [3.63, 3.8) is 0 Å². The summed E-state index contributed by atoms with van der Waals surface area (Å²) < 4.78 is 1.85. The maximum Gasteiger partial charge on any atom is 0.235 e. The smallest absolute Gasteiger partial charge is 0.235 e. The second-order valence-electron chi connectivity index (χ2n) is 9.09. The Labute approximate surface area is 170 Å². The number of benzene rings is 1. The average Bonchev–Trinajstić information content (AvgIpc) is 3.29. The predicted octanol–water partition coefficient (Wildman–Crippen LogP) is 2.43. The molecule has 2 aliphatic heterocycles. The number of anilines is 1. The van der Waals surface area contributed by atoms with Crippen LogP contribution in [0.4, 0.5) is 5.69 Å². The highest BCUT2D eigenvalue weighted by Gasteiger charge is 2.37. The zero-order valence-electron chi connectivity index (χ0n) is 17.0. The van der Waals surface area contributed by atoms with Crippen LogP contribution in [0.25, 0.3) is 10.9 Å². The molecule has 1 atom stereocenters. The number of hydrogen-bond donors (Lipinski definition) is 3. The van der Waals surface area contributed by atoms with Crippen LogP contribution in [0.15, 0.2) is 18.2 Å². The zero-order valence-corrected chi connectivity index (χ0v) is 17.0. The first-order valence-electron chi connectivity index (χ1n) is 10.8. The van der Waals surface area contributed by atoms with Gasteiger partial charge in [-0.25, -0.2) is 0 Å². The Hall–Kier alpha value is -2.41. The summed E-state index contributed by atoms with van der Waals surface area (Å²) in [6.07, 6.45) is 7.24. The van der Waals surface area contributed by atoms with Crippen LogP contribution in [0, 0.1) is 5.41 Å². The second kappa shape index (κ2) is 7.13. The third-order valence-electron chi connectivity index (χ3n) is 7.20. The molecule has 1 saturated carbocycles. The Morgan fingerprint density at radius 3 is 2.72 bits per heavy atom. The van der Waals surface area contributed by atoms with E-state index in [1.807, 2.05) is 11.7 Å². The summed E-state index contributed by atoms with van der Waals surface area (Å²) in [6.45, 7) is 2.36. The van der Waals surface area contributed by atoms with Crippen molar-refractivity contribution in [2.45, 2.75) is 56.9 Å². The van der Waals surface area contributed by atoms with Gasteiger partial charge in [-0.3, -0.25) is 19.6 Å². The van der Waals surface area contributed by atoms with Crippen molar-refractivity contribution in [1.82, 2.24) is 20.4 Å². The molecule has 2 aromatic rings. The zero-order chi connectivity index (χ0) is 20.0. The van der Waals surface area contributed by atoms with Crippen LogP contribution in [0.1, 0.15) is 56.6 Å². The van der Waals surface area contributed by atoms with E-state index >= 15 is 0 Å². The third kappa shape index (κ3) is 3.41. The first kappa shape index (κ1) is 18.6. The van der Waals surface area contributed by atoms with Crippen molar-refractivity contribution in [3.05, 3.63) is 23.9 Å². The van der Waals surface area contributed by atoms with Gasteiger partial charge in [-0.1, -0.05) is 0 Å². The lowest BCUT2D eigenvalue weighted by molar-refractivity contribution is -0.134. The van der Waals surface area contributed by atoms with Gasteiger partial charge >= 0.3 is 0 Å². The number of fused-ring (bicyclic) bond motifs is 1. The number of rotatable bonds is 3. The molecule has 3 N–H and O–H groups in total. The quantitative estimate of drug-likeness (QED) is 0.695. The number of carbonyl (C=O) groups excluding carboxylic acids is 2. The molecule has 5 rings (SSSR count). The fourth-order valence-electron chi connectivity index (χ4n) is 5.42. The van der Waals surface area contributed by atoms with Crippen LogP contribution in [0.3, 0.4) is 0 Å². The monoisotopic (exact) mass is 395 g/mol. The summed E-state index contributed by atoms with van der Waals surface area (Å²) in [5.74, 6) is -0.786. The molecule has 0 bridgehead atoms. The van der Waals surface area contributed by atoms with Gasteiger partial charge < -0.3 is 10.6 Å². The molecule has 3 aliphatic rings. The number of hydrogen-bond acceptors (Lipinski definition) is 5. The summed E-state index contributed by atoms with van der Waals surface area (Å²) in [6, 6.07) is 6.82. The highest BCUT2D eigenvalue weighted by Crippen LogP contribution is 2.41. The second-order valence-corrected chi connectivity index (χ2v) is 9.09. The van der Waals surface area contributed by atoms with E-state index in [2.05, 4.69) is 39.2 Å². The Bertz CT molecular complexity index is 950. The summed E-state index contributed by atoms with van der Waals surface area (Å²) in [5, 5.41) is 15.3. The highest BCUT2D eigenvalue weighted by molar-refractivity contribution is 6.02. The van der Waals surface area contributed by atoms with Gasteiger partial charge in [0.05, 0.1) is 17.1 Å². The van der Waals surface area contributed by atoms with Gasteiger partial charge in [0.1, 0.15) is 0 Å². The molecule has 1 aliphatic carbocycles. The largest absolute Gasteiger partial charge is 0.382 e. The average molecular weight is 396 g/mol. The van der Waals surface area contributed by atoms with Crippen LogP contribution >= 0.6 is 0 Å². The van der Waals surface area contributed by atoms with Gasteiger partial charge in [0, 0.05) is 37.1 Å². The molecule has 1 aromatic heterocycles. The van der Waals surface area contributed by atoms with E-state index in [4.69, 9.17) is 0 Å². The van der Waals surface area contributed by atoms with Gasteiger partial charge in [-0.2, -0.15) is 5.10 Å². The minimum absolute atomic E-state index is 0.194. The summed E-state index contributed by atoms with van der Waals surface area (Å²) in [5.41, 5.74) is 3.44. The van der Waals surface area contributed by atoms with E-state index in [0.717, 1.165) is 22.3 Å². The maximum atomic E-state index is 12.3. The molecule has 7 nitrogen and oxygen atoms in total. The van der Waals surface area contributed by atoms with Gasteiger partial charge in [0.15, 0.2) is 0 Å². The van der Waals surface area contributed by atoms with Crippen molar-refractivity contribution < 1.29 is 9.59 Å². The number of nitrogens with one attached hydrogen (secondary N) is 3. The number of aryl methyl sites for hydroxylation is 1. The van der Waals surface area contributed by atoms with Crippen molar-refractivity contribution >= 4 is 28.4 Å². The lowest BCUT2D eigenvalue weighted by Gasteiger charge is -2.37. The van der Waals surface area contributed by atoms with Gasteiger partial charge in [-0.15, -0.1) is 0 Å². The molecule has 2 saturated heterocycles. The van der Waals surface area contributed by atoms with Crippen LogP contribution in [0.2, 0.25) is 0 Å². The third-order valence-corrected chi connectivity index (χ3v) is 7.20. The fraction of sp³-hybridized carbons (Fsp3) is 0.591. The number of imide groups is 1. The van der Waals surface area contributed by atoms with Crippen LogP contribution in [-0.4, -0.2) is 40.7 Å². The van der Waals surface area contributed by atoms with E-state index in [1.165, 1.54) is 45.2 Å². The summed E-state index contributed by atoms with van der Waals surface area (Å²) in [7, 11) is 1.92. The fourth-order valence-corrected chi connectivity index (χ4v) is 5.42. The topological polar surface area (TPSA) is 88.0 Å². The van der Waals surface area contributed by atoms with Gasteiger partial charge in [0.2, 0.25) is 11.8 Å². The molecule has 29 heavy (non-hydrogen) atoms. The molecule has 3 heterocycles. The maximum absolute atomic E-state index is 12.3. The van der Waals surface area contributed by atoms with E-state index < -0.39 is 0 Å². The van der Waals surface area contributed by atoms with Crippen molar-refractivity contribution in [3.8, 4) is 0 Å². The lowest BCUT2D eigenvalue weighted by atomic mass is 9.72. The highest BCUT2D eigenvalue weighted by atomic mass is 16.2. The molecule has 0 radical (unpaired) electrons. The standard InChI is InChI=1S/C22H29N5O2/c1-27-18-12-15(24-14-6-8-22(9-7-14)10-11-23-13-22)2-3-16(18)20(26-27)17-4-5-19(28)25-21(17)29/h2-3,12,14,17,23-24H,4-11,13H2,1H3,(H,25,28,29). The lowest BCUT2D eigenvalue weighted by Crippen LogP contribution is -2.39. The molecule has 2 amide bonds. The van der Waals surface area contributed by atoms with Gasteiger partial charge in [-0.05, 0) is 68.7 Å². The molecule has 1 spiro atoms. The number of piperidine rings is 1. The van der Waals surface area contributed by atoms with E-state index in [0.29, 0.717) is 24.3 Å². The molecule has 1 unspecified atom stereocenters. The normalized spacial score (nSPS) is 30.1. The Morgan fingerprint density at radius 1 is 1.17 bits per heavy atom. The van der Waals surface area contributed by atoms with E-state index in [1.54, 1.807) is 0 Å². The molecule has 1 aromatic carbocycles.